The van der Waals surface area contributed by atoms with E-state index in [-0.39, 0.29) is 16.8 Å². The Morgan fingerprint density at radius 2 is 2.17 bits per heavy atom. The molecule has 7 heteroatoms. The van der Waals surface area contributed by atoms with Gasteiger partial charge in [-0.15, -0.1) is 0 Å². The van der Waals surface area contributed by atoms with Gasteiger partial charge in [-0.1, -0.05) is 0 Å². The van der Waals surface area contributed by atoms with Crippen LogP contribution in [0.25, 0.3) is 0 Å². The maximum Gasteiger partial charge on any atom is 0.282 e. The maximum absolute atomic E-state index is 12.0. The number of hydrogen-bond donors (Lipinski definition) is 3. The largest absolute Gasteiger partial charge is 0.347 e. The van der Waals surface area contributed by atoms with Crippen LogP contribution in [-0.2, 0) is 0 Å². The molecule has 0 heterocycles. The van der Waals surface area contributed by atoms with Gasteiger partial charge in [0, 0.05) is 17.3 Å². The molecule has 1 amide bonds. The fraction of sp³-hybridized carbons (Fsp3) is 0.364. The van der Waals surface area contributed by atoms with Gasteiger partial charge in [0.15, 0.2) is 0 Å². The lowest BCUT2D eigenvalue weighted by molar-refractivity contribution is -0.385. The van der Waals surface area contributed by atoms with E-state index in [1.165, 1.54) is 18.2 Å². The Morgan fingerprint density at radius 3 is 2.67 bits per heavy atom. The van der Waals surface area contributed by atoms with E-state index in [1.807, 2.05) is 6.92 Å². The van der Waals surface area contributed by atoms with Crippen molar-refractivity contribution in [1.29, 1.82) is 0 Å². The quantitative estimate of drug-likeness (QED) is 0.422. The van der Waals surface area contributed by atoms with Crippen molar-refractivity contribution in [2.45, 2.75) is 25.3 Å². The van der Waals surface area contributed by atoms with E-state index >= 15 is 0 Å². The first-order chi connectivity index (χ1) is 8.45. The van der Waals surface area contributed by atoms with Crippen molar-refractivity contribution in [3.8, 4) is 0 Å². The van der Waals surface area contributed by atoms with Crippen LogP contribution in [-0.4, -0.2) is 16.4 Å². The Balaban J connectivity index is 2.33. The molecular weight excluding hydrogens is 236 g/mol. The van der Waals surface area contributed by atoms with Gasteiger partial charge in [-0.25, -0.2) is 0 Å². The molecule has 0 spiro atoms. The van der Waals surface area contributed by atoms with Gasteiger partial charge in [0.25, 0.3) is 11.6 Å². The molecule has 0 aliphatic heterocycles. The summed E-state index contributed by atoms with van der Waals surface area (Å²) in [6.45, 7) is 1.90. The minimum atomic E-state index is -0.579. The third-order valence-corrected chi connectivity index (χ3v) is 3.02. The smallest absolute Gasteiger partial charge is 0.282 e. The first kappa shape index (κ1) is 12.3. The molecule has 7 nitrogen and oxygen atoms in total. The topological polar surface area (TPSA) is 110 Å². The number of hydrazine groups is 1. The first-order valence-electron chi connectivity index (χ1n) is 5.53. The number of nitrogen functional groups attached to an aromatic ring is 1. The number of rotatable bonds is 4. The lowest BCUT2D eigenvalue weighted by Crippen LogP contribution is -2.34. The predicted molar refractivity (Wildman–Crippen MR) is 66.0 cm³/mol. The predicted octanol–water partition coefficient (Wildman–Crippen LogP) is 1.16. The number of nitrogens with two attached hydrogens (primary N) is 1. The number of carbonyl (C=O) groups is 1. The van der Waals surface area contributed by atoms with Gasteiger partial charge in [0.05, 0.1) is 4.92 Å². The van der Waals surface area contributed by atoms with Crippen molar-refractivity contribution < 1.29 is 9.72 Å². The summed E-state index contributed by atoms with van der Waals surface area (Å²) in [6.07, 6.45) is 1.78. The molecule has 0 saturated heterocycles. The van der Waals surface area contributed by atoms with Crippen molar-refractivity contribution in [3.05, 3.63) is 33.9 Å². The third-order valence-electron chi connectivity index (χ3n) is 3.02. The van der Waals surface area contributed by atoms with Crippen LogP contribution in [0.15, 0.2) is 18.2 Å². The van der Waals surface area contributed by atoms with Crippen molar-refractivity contribution in [3.63, 3.8) is 0 Å². The van der Waals surface area contributed by atoms with Crippen LogP contribution in [0.2, 0.25) is 0 Å². The molecule has 1 aromatic rings. The van der Waals surface area contributed by atoms with Gasteiger partial charge < -0.3 is 10.7 Å². The Morgan fingerprint density at radius 1 is 1.50 bits per heavy atom. The average molecular weight is 250 g/mol. The Hall–Kier alpha value is -2.15. The summed E-state index contributed by atoms with van der Waals surface area (Å²) in [4.78, 5) is 22.3. The van der Waals surface area contributed by atoms with E-state index < -0.39 is 10.8 Å². The highest BCUT2D eigenvalue weighted by molar-refractivity contribution is 5.99. The number of nitro groups is 1. The number of amides is 1. The number of hydrogen-bond acceptors (Lipinski definition) is 5. The molecule has 1 fully saturated rings. The normalized spacial score (nSPS) is 15.9. The molecule has 0 bridgehead atoms. The molecule has 18 heavy (non-hydrogen) atoms. The zero-order chi connectivity index (χ0) is 13.3. The summed E-state index contributed by atoms with van der Waals surface area (Å²) in [5, 5.41) is 13.7. The fourth-order valence-electron chi connectivity index (χ4n) is 1.62. The summed E-state index contributed by atoms with van der Waals surface area (Å²) < 4.78 is 0. The third kappa shape index (κ3) is 2.40. The van der Waals surface area contributed by atoms with E-state index in [9.17, 15) is 14.9 Å². The van der Waals surface area contributed by atoms with Crippen molar-refractivity contribution in [2.24, 2.45) is 5.84 Å². The maximum atomic E-state index is 12.0. The molecule has 1 aliphatic rings. The Bertz CT molecular complexity index is 511. The molecule has 2 rings (SSSR count). The second-order valence-corrected chi connectivity index (χ2v) is 4.65. The molecule has 4 N–H and O–H groups in total. The summed E-state index contributed by atoms with van der Waals surface area (Å²) in [5.74, 6) is 4.79. The summed E-state index contributed by atoms with van der Waals surface area (Å²) in [6, 6.07) is 4.09. The number of anilines is 1. The Kier molecular flexibility index (Phi) is 2.92. The summed E-state index contributed by atoms with van der Waals surface area (Å²) in [5.41, 5.74) is 2.38. The molecule has 1 aromatic carbocycles. The van der Waals surface area contributed by atoms with Crippen LogP contribution in [0, 0.1) is 10.1 Å². The number of benzene rings is 1. The van der Waals surface area contributed by atoms with Crippen LogP contribution in [0.4, 0.5) is 11.4 Å². The number of nitrogens with zero attached hydrogens (tertiary/aromatic N) is 1. The highest BCUT2D eigenvalue weighted by Gasteiger charge is 2.39. The van der Waals surface area contributed by atoms with E-state index in [4.69, 9.17) is 5.84 Å². The number of nitro benzene ring substituents is 1. The van der Waals surface area contributed by atoms with E-state index in [0.29, 0.717) is 5.69 Å². The standard InChI is InChI=1S/C11H14N4O3/c1-11(4-5-11)13-10(16)8-6-7(14-12)2-3-9(8)15(17)18/h2-3,6,14H,4-5,12H2,1H3,(H,13,16). The van der Waals surface area contributed by atoms with Gasteiger partial charge in [-0.05, 0) is 31.9 Å². The van der Waals surface area contributed by atoms with E-state index in [1.54, 1.807) is 0 Å². The SMILES string of the molecule is CC1(NC(=O)c2cc(NN)ccc2[N+](=O)[O-])CC1. The molecule has 1 saturated carbocycles. The van der Waals surface area contributed by atoms with Crippen LogP contribution < -0.4 is 16.6 Å². The molecule has 1 aliphatic carbocycles. The van der Waals surface area contributed by atoms with Crippen molar-refractivity contribution in [1.82, 2.24) is 5.32 Å². The second-order valence-electron chi connectivity index (χ2n) is 4.65. The van der Waals surface area contributed by atoms with E-state index in [2.05, 4.69) is 10.7 Å². The zero-order valence-electron chi connectivity index (χ0n) is 9.90. The van der Waals surface area contributed by atoms with Crippen LogP contribution >= 0.6 is 0 Å². The zero-order valence-corrected chi connectivity index (χ0v) is 9.90. The summed E-state index contributed by atoms with van der Waals surface area (Å²) in [7, 11) is 0. The van der Waals surface area contributed by atoms with Gasteiger partial charge >= 0.3 is 0 Å². The first-order valence-corrected chi connectivity index (χ1v) is 5.53. The minimum Gasteiger partial charge on any atom is -0.347 e. The highest BCUT2D eigenvalue weighted by Crippen LogP contribution is 2.35. The lowest BCUT2D eigenvalue weighted by Gasteiger charge is -2.12. The molecule has 0 radical (unpaired) electrons. The molecular formula is C11H14N4O3. The van der Waals surface area contributed by atoms with Gasteiger partial charge in [0.1, 0.15) is 5.56 Å². The molecule has 0 unspecified atom stereocenters. The summed E-state index contributed by atoms with van der Waals surface area (Å²) >= 11 is 0. The van der Waals surface area contributed by atoms with Crippen LogP contribution in [0.3, 0.4) is 0 Å². The number of nitrogens with one attached hydrogen (secondary N) is 2. The Labute approximate surface area is 103 Å². The molecule has 96 valence electrons. The van der Waals surface area contributed by atoms with Gasteiger partial charge in [0.2, 0.25) is 0 Å². The molecule has 0 aromatic heterocycles. The van der Waals surface area contributed by atoms with Crippen LogP contribution in [0.1, 0.15) is 30.1 Å². The van der Waals surface area contributed by atoms with E-state index in [0.717, 1.165) is 12.8 Å². The monoisotopic (exact) mass is 250 g/mol. The second kappa shape index (κ2) is 4.26. The van der Waals surface area contributed by atoms with Gasteiger partial charge in [-0.3, -0.25) is 20.8 Å². The van der Waals surface area contributed by atoms with Crippen molar-refractivity contribution in [2.75, 3.05) is 5.43 Å². The molecule has 0 atom stereocenters. The van der Waals surface area contributed by atoms with Gasteiger partial charge in [-0.2, -0.15) is 0 Å². The average Bonchev–Trinajstić information content (AvgIpc) is 3.05. The fourth-order valence-corrected chi connectivity index (χ4v) is 1.62. The minimum absolute atomic E-state index is 0.0172. The van der Waals surface area contributed by atoms with Crippen LogP contribution in [0.5, 0.6) is 0 Å². The number of carbonyl (C=O) groups excluding carboxylic acids is 1. The highest BCUT2D eigenvalue weighted by atomic mass is 16.6. The lowest BCUT2D eigenvalue weighted by atomic mass is 10.1. The van der Waals surface area contributed by atoms with Crippen molar-refractivity contribution >= 4 is 17.3 Å².